The van der Waals surface area contributed by atoms with Crippen LogP contribution in [0.3, 0.4) is 0 Å². The smallest absolute Gasteiger partial charge is 0.286 e. The second kappa shape index (κ2) is 5.16. The lowest BCUT2D eigenvalue weighted by molar-refractivity contribution is -0.298. The highest BCUT2D eigenvalue weighted by Crippen LogP contribution is 2.62. The molecule has 1 aromatic carbocycles. The molecule has 128 valence electrons. The minimum Gasteiger partial charge on any atom is -0.367 e. The van der Waals surface area contributed by atoms with Crippen LogP contribution in [0.1, 0.15) is 43.7 Å². The second-order valence-electron chi connectivity index (χ2n) is 7.07. The third-order valence-electron chi connectivity index (χ3n) is 5.66. The fraction of sp³-hybridized carbons (Fsp3) is 0.647. The van der Waals surface area contributed by atoms with Gasteiger partial charge in [-0.2, -0.15) is 0 Å². The molecule has 0 aliphatic heterocycles. The number of alkyl halides is 3. The van der Waals surface area contributed by atoms with Gasteiger partial charge in [-0.1, -0.05) is 19.1 Å². The van der Waals surface area contributed by atoms with Crippen molar-refractivity contribution in [2.75, 3.05) is 0 Å². The molecule has 1 nitrogen and oxygen atoms in total. The zero-order valence-electron chi connectivity index (χ0n) is 13.1. The van der Waals surface area contributed by atoms with E-state index in [1.807, 2.05) is 0 Å². The zero-order valence-corrected chi connectivity index (χ0v) is 13.1. The Morgan fingerprint density at radius 3 is 2.30 bits per heavy atom. The topological polar surface area (TPSA) is 9.23 Å². The molecule has 2 bridgehead atoms. The van der Waals surface area contributed by atoms with Gasteiger partial charge in [-0.05, 0) is 38.2 Å². The lowest BCUT2D eigenvalue weighted by Crippen LogP contribution is -2.66. The van der Waals surface area contributed by atoms with Crippen LogP contribution in [-0.2, 0) is 11.3 Å². The van der Waals surface area contributed by atoms with Crippen molar-refractivity contribution in [1.82, 2.24) is 0 Å². The largest absolute Gasteiger partial charge is 0.367 e. The van der Waals surface area contributed by atoms with Gasteiger partial charge in [-0.3, -0.25) is 0 Å². The molecule has 3 aliphatic rings. The maximum absolute atomic E-state index is 14.5. The number of halogens is 5. The van der Waals surface area contributed by atoms with E-state index in [9.17, 15) is 22.0 Å². The van der Waals surface area contributed by atoms with Gasteiger partial charge < -0.3 is 4.74 Å². The van der Waals surface area contributed by atoms with Gasteiger partial charge in [0.15, 0.2) is 17.8 Å². The predicted molar refractivity (Wildman–Crippen MR) is 75.0 cm³/mol. The van der Waals surface area contributed by atoms with E-state index in [1.54, 1.807) is 0 Å². The van der Waals surface area contributed by atoms with Gasteiger partial charge in [0.05, 0.1) is 6.61 Å². The number of ether oxygens (including phenoxy) is 1. The third kappa shape index (κ3) is 2.29. The van der Waals surface area contributed by atoms with Gasteiger partial charge >= 0.3 is 0 Å². The van der Waals surface area contributed by atoms with E-state index in [4.69, 9.17) is 4.74 Å². The van der Waals surface area contributed by atoms with Crippen LogP contribution in [0.5, 0.6) is 0 Å². The molecule has 0 amide bonds. The van der Waals surface area contributed by atoms with E-state index < -0.39 is 41.4 Å². The molecule has 23 heavy (non-hydrogen) atoms. The summed E-state index contributed by atoms with van der Waals surface area (Å²) in [5.74, 6) is -5.54. The second-order valence-corrected chi connectivity index (χ2v) is 7.07. The number of benzene rings is 1. The standard InChI is InChI=1S/C17H19F5O/c1-10-3-4-11(13(19)12(10)18)9-23-16-7-5-15(2,6-8-16)17(21,22)14(16)20/h3-4,14H,5-9H2,1-2H3. The normalized spacial score (nSPS) is 35.5. The molecule has 6 heteroatoms. The van der Waals surface area contributed by atoms with Crippen molar-refractivity contribution in [2.24, 2.45) is 5.41 Å². The lowest BCUT2D eigenvalue weighted by atomic mass is 9.56. The molecule has 0 N–H and O–H groups in total. The third-order valence-corrected chi connectivity index (χ3v) is 5.66. The Kier molecular flexibility index (Phi) is 3.74. The molecule has 4 rings (SSSR count). The molecular formula is C17H19F5O. The highest BCUT2D eigenvalue weighted by molar-refractivity contribution is 5.25. The maximum atomic E-state index is 14.5. The van der Waals surface area contributed by atoms with Crippen LogP contribution < -0.4 is 0 Å². The Hall–Kier alpha value is -1.17. The molecule has 0 heterocycles. The number of hydrogen-bond acceptors (Lipinski definition) is 1. The monoisotopic (exact) mass is 334 g/mol. The first-order valence-electron chi connectivity index (χ1n) is 7.72. The summed E-state index contributed by atoms with van der Waals surface area (Å²) in [5.41, 5.74) is -2.91. The molecule has 3 saturated carbocycles. The Labute approximate surface area is 131 Å². The maximum Gasteiger partial charge on any atom is 0.286 e. The van der Waals surface area contributed by atoms with E-state index in [0.29, 0.717) is 0 Å². The molecule has 0 saturated heterocycles. The van der Waals surface area contributed by atoms with Crippen molar-refractivity contribution < 1.29 is 26.7 Å². The van der Waals surface area contributed by atoms with Gasteiger partial charge in [0, 0.05) is 11.0 Å². The van der Waals surface area contributed by atoms with Crippen molar-refractivity contribution in [2.45, 2.75) is 63.8 Å². The van der Waals surface area contributed by atoms with Crippen molar-refractivity contribution in [1.29, 1.82) is 0 Å². The van der Waals surface area contributed by atoms with Crippen molar-refractivity contribution in [3.63, 3.8) is 0 Å². The molecule has 1 unspecified atom stereocenters. The van der Waals surface area contributed by atoms with Gasteiger partial charge in [-0.25, -0.2) is 22.0 Å². The van der Waals surface area contributed by atoms with Crippen molar-refractivity contribution in [3.05, 3.63) is 34.9 Å². The minimum atomic E-state index is -3.47. The SMILES string of the molecule is Cc1ccc(COC23CCC(C)(CC2)C(F)(F)C3F)c(F)c1F. The molecule has 3 fully saturated rings. The van der Waals surface area contributed by atoms with Crippen LogP contribution in [0.2, 0.25) is 0 Å². The summed E-state index contributed by atoms with van der Waals surface area (Å²) in [6.07, 6.45) is -1.79. The van der Waals surface area contributed by atoms with E-state index >= 15 is 0 Å². The number of rotatable bonds is 3. The first kappa shape index (κ1) is 16.7. The highest BCUT2D eigenvalue weighted by atomic mass is 19.3. The molecule has 0 radical (unpaired) electrons. The van der Waals surface area contributed by atoms with E-state index in [-0.39, 0.29) is 36.8 Å². The molecule has 0 spiro atoms. The Morgan fingerprint density at radius 1 is 1.09 bits per heavy atom. The van der Waals surface area contributed by atoms with E-state index in [0.717, 1.165) is 0 Å². The Balaban J connectivity index is 1.82. The van der Waals surface area contributed by atoms with Crippen molar-refractivity contribution in [3.8, 4) is 0 Å². The summed E-state index contributed by atoms with van der Waals surface area (Å²) in [4.78, 5) is 0. The van der Waals surface area contributed by atoms with Crippen LogP contribution in [0.4, 0.5) is 22.0 Å². The average Bonchev–Trinajstić information content (AvgIpc) is 2.52. The van der Waals surface area contributed by atoms with E-state index in [1.165, 1.54) is 26.0 Å². The summed E-state index contributed by atoms with van der Waals surface area (Å²) < 4.78 is 75.9. The summed E-state index contributed by atoms with van der Waals surface area (Å²) in [5, 5.41) is 0. The first-order chi connectivity index (χ1) is 10.6. The zero-order chi connectivity index (χ0) is 17.0. The van der Waals surface area contributed by atoms with Crippen LogP contribution in [0, 0.1) is 24.0 Å². The molecule has 1 atom stereocenters. The summed E-state index contributed by atoms with van der Waals surface area (Å²) in [6, 6.07) is 2.72. The summed E-state index contributed by atoms with van der Waals surface area (Å²) in [6.45, 7) is 2.40. The number of aryl methyl sites for hydroxylation is 1. The van der Waals surface area contributed by atoms with Gasteiger partial charge in [0.1, 0.15) is 5.60 Å². The number of hydrogen-bond donors (Lipinski definition) is 0. The molecule has 1 aromatic rings. The van der Waals surface area contributed by atoms with Gasteiger partial charge in [-0.15, -0.1) is 0 Å². The van der Waals surface area contributed by atoms with Crippen LogP contribution >= 0.6 is 0 Å². The average molecular weight is 334 g/mol. The summed E-state index contributed by atoms with van der Waals surface area (Å²) >= 11 is 0. The fourth-order valence-electron chi connectivity index (χ4n) is 3.68. The van der Waals surface area contributed by atoms with Gasteiger partial charge in [0.25, 0.3) is 5.92 Å². The van der Waals surface area contributed by atoms with E-state index in [2.05, 4.69) is 0 Å². The van der Waals surface area contributed by atoms with Crippen LogP contribution in [0.15, 0.2) is 12.1 Å². The van der Waals surface area contributed by atoms with Crippen molar-refractivity contribution >= 4 is 0 Å². The van der Waals surface area contributed by atoms with Gasteiger partial charge in [0.2, 0.25) is 0 Å². The predicted octanol–water partition coefficient (Wildman–Crippen LogP) is 5.10. The lowest BCUT2D eigenvalue weighted by Gasteiger charge is -2.57. The fourth-order valence-corrected chi connectivity index (χ4v) is 3.68. The highest BCUT2D eigenvalue weighted by Gasteiger charge is 2.70. The van der Waals surface area contributed by atoms with Crippen LogP contribution in [-0.4, -0.2) is 17.7 Å². The molecular weight excluding hydrogens is 315 g/mol. The first-order valence-corrected chi connectivity index (χ1v) is 7.72. The quantitative estimate of drug-likeness (QED) is 0.699. The number of fused-ring (bicyclic) bond motifs is 3. The Morgan fingerprint density at radius 2 is 1.70 bits per heavy atom. The molecule has 3 aliphatic carbocycles. The molecule has 0 aromatic heterocycles. The summed E-state index contributed by atoms with van der Waals surface area (Å²) in [7, 11) is 0. The Bertz CT molecular complexity index is 620. The minimum absolute atomic E-state index is 0.0862. The van der Waals surface area contributed by atoms with Crippen LogP contribution in [0.25, 0.3) is 0 Å².